The third-order valence-electron chi connectivity index (χ3n) is 7.51. The minimum atomic E-state index is -0.232. The summed E-state index contributed by atoms with van der Waals surface area (Å²) in [6.07, 6.45) is 5.51. The fraction of sp³-hybridized carbons (Fsp3) is 0.0857. The first-order valence-corrected chi connectivity index (χ1v) is 13.6. The number of fused-ring (bicyclic) bond motifs is 3. The number of benzene rings is 4. The molecular formula is C35H27FN4O2. The quantitative estimate of drug-likeness (QED) is 0.207. The number of aryl methyl sites for hydroxylation is 2. The lowest BCUT2D eigenvalue weighted by Crippen LogP contribution is -1.98. The van der Waals surface area contributed by atoms with E-state index in [2.05, 4.69) is 32.8 Å². The molecule has 0 aliphatic rings. The average Bonchev–Trinajstić information content (AvgIpc) is 3.60. The van der Waals surface area contributed by atoms with Crippen LogP contribution in [0.4, 0.5) is 4.39 Å². The summed E-state index contributed by atoms with van der Waals surface area (Å²) in [4.78, 5) is 4.64. The van der Waals surface area contributed by atoms with Gasteiger partial charge in [-0.1, -0.05) is 24.3 Å². The Kier molecular flexibility index (Phi) is 6.20. The Morgan fingerprint density at radius 2 is 1.52 bits per heavy atom. The van der Waals surface area contributed by atoms with Crippen LogP contribution in [0.2, 0.25) is 0 Å². The normalized spacial score (nSPS) is 11.3. The molecule has 0 fully saturated rings. The van der Waals surface area contributed by atoms with Gasteiger partial charge in [0.15, 0.2) is 0 Å². The second-order valence-corrected chi connectivity index (χ2v) is 10.3. The van der Waals surface area contributed by atoms with Crippen LogP contribution in [-0.2, 0) is 0 Å². The van der Waals surface area contributed by atoms with Gasteiger partial charge in [0, 0.05) is 46.9 Å². The molecule has 3 aromatic heterocycles. The van der Waals surface area contributed by atoms with Gasteiger partial charge in [0.05, 0.1) is 30.0 Å². The van der Waals surface area contributed by atoms with Crippen LogP contribution in [-0.4, -0.2) is 26.4 Å². The van der Waals surface area contributed by atoms with Crippen molar-refractivity contribution in [2.24, 2.45) is 0 Å². The number of rotatable bonds is 6. The molecule has 206 valence electrons. The van der Waals surface area contributed by atoms with E-state index < -0.39 is 0 Å². The molecule has 42 heavy (non-hydrogen) atoms. The maximum Gasteiger partial charge on any atom is 0.141 e. The van der Waals surface area contributed by atoms with Crippen molar-refractivity contribution >= 4 is 21.8 Å². The van der Waals surface area contributed by atoms with Crippen molar-refractivity contribution in [3.05, 3.63) is 127 Å². The Morgan fingerprint density at radius 3 is 2.36 bits per heavy atom. The monoisotopic (exact) mass is 554 g/mol. The SMILES string of the molecule is COc1ccnc(-n2c3ccccc3c3ccc(Oc4cccc(-n5cc(-c6c(C)cc(F)cc6C)cn5)c4)cc32)c1. The van der Waals surface area contributed by atoms with Gasteiger partial charge in [0.25, 0.3) is 0 Å². The summed E-state index contributed by atoms with van der Waals surface area (Å²) >= 11 is 0. The van der Waals surface area contributed by atoms with Crippen LogP contribution >= 0.6 is 0 Å². The van der Waals surface area contributed by atoms with Crippen LogP contribution in [0.1, 0.15) is 11.1 Å². The van der Waals surface area contributed by atoms with E-state index in [0.717, 1.165) is 61.3 Å². The van der Waals surface area contributed by atoms with Crippen LogP contribution in [0.25, 0.3) is 44.4 Å². The van der Waals surface area contributed by atoms with Gasteiger partial charge in [-0.3, -0.25) is 4.57 Å². The highest BCUT2D eigenvalue weighted by Gasteiger charge is 2.15. The number of hydrogen-bond donors (Lipinski definition) is 0. The third-order valence-corrected chi connectivity index (χ3v) is 7.51. The zero-order valence-electron chi connectivity index (χ0n) is 23.4. The fourth-order valence-corrected chi connectivity index (χ4v) is 5.69. The topological polar surface area (TPSA) is 54.1 Å². The minimum Gasteiger partial charge on any atom is -0.497 e. The van der Waals surface area contributed by atoms with E-state index in [4.69, 9.17) is 9.47 Å². The van der Waals surface area contributed by atoms with Crippen molar-refractivity contribution in [1.29, 1.82) is 0 Å². The maximum atomic E-state index is 13.9. The molecule has 0 unspecified atom stereocenters. The van der Waals surface area contributed by atoms with Crippen molar-refractivity contribution in [3.8, 4) is 39.9 Å². The molecule has 0 amide bonds. The molecule has 0 aliphatic carbocycles. The number of nitrogens with zero attached hydrogens (tertiary/aromatic N) is 4. The summed E-state index contributed by atoms with van der Waals surface area (Å²) in [6.45, 7) is 3.83. The van der Waals surface area contributed by atoms with Crippen molar-refractivity contribution in [2.75, 3.05) is 7.11 Å². The molecule has 0 aliphatic heterocycles. The van der Waals surface area contributed by atoms with E-state index in [9.17, 15) is 4.39 Å². The molecule has 0 atom stereocenters. The molecule has 0 bridgehead atoms. The van der Waals surface area contributed by atoms with Gasteiger partial charge in [-0.15, -0.1) is 0 Å². The molecule has 0 saturated carbocycles. The van der Waals surface area contributed by atoms with Crippen molar-refractivity contribution in [2.45, 2.75) is 13.8 Å². The van der Waals surface area contributed by atoms with Crippen molar-refractivity contribution < 1.29 is 13.9 Å². The molecule has 0 saturated heterocycles. The first kappa shape index (κ1) is 25.5. The summed E-state index contributed by atoms with van der Waals surface area (Å²) in [5.41, 5.74) is 6.56. The second-order valence-electron chi connectivity index (χ2n) is 10.3. The predicted octanol–water partition coefficient (Wildman–Crippen LogP) is 8.59. The number of ether oxygens (including phenoxy) is 2. The minimum absolute atomic E-state index is 0.232. The zero-order valence-corrected chi connectivity index (χ0v) is 23.4. The third kappa shape index (κ3) is 4.45. The first-order valence-electron chi connectivity index (χ1n) is 13.6. The lowest BCUT2D eigenvalue weighted by molar-refractivity contribution is 0.414. The van der Waals surface area contributed by atoms with Crippen molar-refractivity contribution in [3.63, 3.8) is 0 Å². The fourth-order valence-electron chi connectivity index (χ4n) is 5.69. The van der Waals surface area contributed by atoms with E-state index in [-0.39, 0.29) is 5.82 Å². The molecule has 0 N–H and O–H groups in total. The van der Waals surface area contributed by atoms with Gasteiger partial charge in [-0.05, 0) is 79.1 Å². The highest BCUT2D eigenvalue weighted by atomic mass is 19.1. The van der Waals surface area contributed by atoms with Gasteiger partial charge in [-0.25, -0.2) is 14.1 Å². The van der Waals surface area contributed by atoms with E-state index in [1.54, 1.807) is 36.3 Å². The van der Waals surface area contributed by atoms with Gasteiger partial charge in [-0.2, -0.15) is 5.10 Å². The molecule has 7 aromatic rings. The van der Waals surface area contributed by atoms with E-state index >= 15 is 0 Å². The summed E-state index contributed by atoms with van der Waals surface area (Å²) < 4.78 is 29.6. The van der Waals surface area contributed by atoms with Crippen molar-refractivity contribution in [1.82, 2.24) is 19.3 Å². The van der Waals surface area contributed by atoms with Gasteiger partial charge in [0.2, 0.25) is 0 Å². The molecule has 0 radical (unpaired) electrons. The van der Waals surface area contributed by atoms with Crippen LogP contribution < -0.4 is 9.47 Å². The van der Waals surface area contributed by atoms with Crippen LogP contribution in [0, 0.1) is 19.7 Å². The van der Waals surface area contributed by atoms with E-state index in [1.807, 2.05) is 80.7 Å². The first-order chi connectivity index (χ1) is 20.5. The Morgan fingerprint density at radius 1 is 0.738 bits per heavy atom. The van der Waals surface area contributed by atoms with Gasteiger partial charge in [0.1, 0.15) is 28.9 Å². The molecule has 7 rings (SSSR count). The Hall–Kier alpha value is -5.43. The number of aromatic nitrogens is 4. The summed E-state index contributed by atoms with van der Waals surface area (Å²) in [5, 5.41) is 6.82. The van der Waals surface area contributed by atoms with Gasteiger partial charge >= 0.3 is 0 Å². The van der Waals surface area contributed by atoms with Crippen LogP contribution in [0.5, 0.6) is 17.2 Å². The molecular weight excluding hydrogens is 527 g/mol. The summed E-state index contributed by atoms with van der Waals surface area (Å²) in [5.74, 6) is 2.65. The predicted molar refractivity (Wildman–Crippen MR) is 164 cm³/mol. The smallest absolute Gasteiger partial charge is 0.141 e. The highest BCUT2D eigenvalue weighted by Crippen LogP contribution is 2.36. The number of pyridine rings is 1. The van der Waals surface area contributed by atoms with Gasteiger partial charge < -0.3 is 9.47 Å². The number of hydrogen-bond acceptors (Lipinski definition) is 4. The standard InChI is InChI=1S/C35H27FN4O2/c1-22-15-25(36)16-23(2)35(22)24-20-38-39(21-24)26-7-6-8-28(17-26)42-29-11-12-31-30-9-4-5-10-32(30)40(33(31)18-29)34-19-27(41-3)13-14-37-34/h4-21H,1-3H3. The second kappa shape index (κ2) is 10.2. The molecule has 0 spiro atoms. The molecule has 6 nitrogen and oxygen atoms in total. The Balaban J connectivity index is 1.25. The highest BCUT2D eigenvalue weighted by molar-refractivity contribution is 6.09. The Bertz CT molecular complexity index is 2090. The van der Waals surface area contributed by atoms with E-state index in [1.165, 1.54) is 0 Å². The Labute approximate surface area is 242 Å². The molecule has 3 heterocycles. The van der Waals surface area contributed by atoms with Crippen LogP contribution in [0.15, 0.2) is 110 Å². The van der Waals surface area contributed by atoms with E-state index in [0.29, 0.717) is 11.5 Å². The average molecular weight is 555 g/mol. The number of halogens is 1. The largest absolute Gasteiger partial charge is 0.497 e. The zero-order chi connectivity index (χ0) is 28.8. The van der Waals surface area contributed by atoms with Crippen LogP contribution in [0.3, 0.4) is 0 Å². The molecule has 7 heteroatoms. The number of methoxy groups -OCH3 is 1. The lowest BCUT2D eigenvalue weighted by Gasteiger charge is -2.11. The lowest BCUT2D eigenvalue weighted by atomic mass is 9.98. The number of para-hydroxylation sites is 1. The molecule has 4 aromatic carbocycles. The maximum absolute atomic E-state index is 13.9. The summed E-state index contributed by atoms with van der Waals surface area (Å²) in [7, 11) is 1.65. The summed E-state index contributed by atoms with van der Waals surface area (Å²) in [6, 6.07) is 29.0.